The predicted molar refractivity (Wildman–Crippen MR) is 47.8 cm³/mol. The summed E-state index contributed by atoms with van der Waals surface area (Å²) in [5.74, 6) is -1.51. The highest BCUT2D eigenvalue weighted by Crippen LogP contribution is 2.16. The number of aromatic nitrogens is 1. The minimum absolute atomic E-state index is 0.0207. The largest absolute Gasteiger partial charge is 0.479 e. The van der Waals surface area contributed by atoms with E-state index in [1.54, 1.807) is 0 Å². The zero-order valence-corrected chi connectivity index (χ0v) is 7.72. The van der Waals surface area contributed by atoms with E-state index < -0.39 is 18.2 Å². The number of carboxylic acid groups (broad SMARTS) is 1. The first-order valence-corrected chi connectivity index (χ1v) is 4.11. The van der Waals surface area contributed by atoms with Gasteiger partial charge >= 0.3 is 5.97 Å². The number of aliphatic hydroxyl groups is 2. The van der Waals surface area contributed by atoms with Crippen LogP contribution in [0.3, 0.4) is 0 Å². The van der Waals surface area contributed by atoms with Crippen molar-refractivity contribution in [3.8, 4) is 0 Å². The van der Waals surface area contributed by atoms with Crippen molar-refractivity contribution in [2.75, 3.05) is 0 Å². The monoisotopic (exact) mass is 217 g/mol. The Bertz CT molecular complexity index is 344. The standard InChI is InChI=1S/C8H8ClNO4/c9-5-3-1-2-4(10-5)6(11)7(12)8(13)14/h1-3,6-7,11-12H,(H,13,14). The minimum Gasteiger partial charge on any atom is -0.479 e. The van der Waals surface area contributed by atoms with Gasteiger partial charge in [0.2, 0.25) is 0 Å². The second-order valence-corrected chi connectivity index (χ2v) is 3.00. The van der Waals surface area contributed by atoms with Crippen LogP contribution >= 0.6 is 11.6 Å². The van der Waals surface area contributed by atoms with E-state index in [-0.39, 0.29) is 10.8 Å². The molecule has 0 aliphatic rings. The Morgan fingerprint density at radius 1 is 1.43 bits per heavy atom. The van der Waals surface area contributed by atoms with Crippen molar-refractivity contribution in [1.82, 2.24) is 4.98 Å². The van der Waals surface area contributed by atoms with Gasteiger partial charge in [0.15, 0.2) is 6.10 Å². The molecule has 0 aromatic carbocycles. The second kappa shape index (κ2) is 4.36. The van der Waals surface area contributed by atoms with Crippen molar-refractivity contribution >= 4 is 17.6 Å². The molecule has 6 heteroatoms. The number of aliphatic carboxylic acids is 1. The van der Waals surface area contributed by atoms with E-state index in [1.165, 1.54) is 18.2 Å². The van der Waals surface area contributed by atoms with Crippen LogP contribution in [0.1, 0.15) is 11.8 Å². The van der Waals surface area contributed by atoms with Crippen molar-refractivity contribution in [2.24, 2.45) is 0 Å². The molecule has 0 bridgehead atoms. The Kier molecular flexibility index (Phi) is 3.40. The van der Waals surface area contributed by atoms with Crippen LogP contribution in [0.2, 0.25) is 5.15 Å². The highest BCUT2D eigenvalue weighted by molar-refractivity contribution is 6.29. The van der Waals surface area contributed by atoms with E-state index in [0.29, 0.717) is 0 Å². The molecule has 0 aliphatic carbocycles. The summed E-state index contributed by atoms with van der Waals surface area (Å²) in [6.07, 6.45) is -3.48. The second-order valence-electron chi connectivity index (χ2n) is 2.61. The third kappa shape index (κ3) is 2.41. The summed E-state index contributed by atoms with van der Waals surface area (Å²) in [5.41, 5.74) is 0.0207. The predicted octanol–water partition coefficient (Wildman–Crippen LogP) is 0.214. The summed E-state index contributed by atoms with van der Waals surface area (Å²) in [6, 6.07) is 4.36. The Labute approximate surface area is 84.6 Å². The molecule has 0 radical (unpaired) electrons. The Hall–Kier alpha value is -1.17. The topological polar surface area (TPSA) is 90.7 Å². The van der Waals surface area contributed by atoms with Crippen LogP contribution in [-0.4, -0.2) is 32.4 Å². The number of hydrogen-bond acceptors (Lipinski definition) is 4. The minimum atomic E-state index is -1.90. The van der Waals surface area contributed by atoms with Gasteiger partial charge in [0.1, 0.15) is 11.3 Å². The zero-order valence-electron chi connectivity index (χ0n) is 6.96. The van der Waals surface area contributed by atoms with Gasteiger partial charge in [-0.25, -0.2) is 9.78 Å². The average molecular weight is 218 g/mol. The maximum atomic E-state index is 10.3. The van der Waals surface area contributed by atoms with Gasteiger partial charge in [-0.15, -0.1) is 0 Å². The van der Waals surface area contributed by atoms with Gasteiger partial charge in [-0.2, -0.15) is 0 Å². The van der Waals surface area contributed by atoms with Gasteiger partial charge in [0.05, 0.1) is 5.69 Å². The highest BCUT2D eigenvalue weighted by atomic mass is 35.5. The number of nitrogens with zero attached hydrogens (tertiary/aromatic N) is 1. The van der Waals surface area contributed by atoms with Crippen LogP contribution in [-0.2, 0) is 4.79 Å². The number of hydrogen-bond donors (Lipinski definition) is 3. The first-order chi connectivity index (χ1) is 6.52. The molecule has 1 heterocycles. The molecular weight excluding hydrogens is 210 g/mol. The van der Waals surface area contributed by atoms with Crippen LogP contribution in [0.25, 0.3) is 0 Å². The van der Waals surface area contributed by atoms with Crippen molar-refractivity contribution in [1.29, 1.82) is 0 Å². The smallest absolute Gasteiger partial charge is 0.335 e. The quantitative estimate of drug-likeness (QED) is 0.630. The Morgan fingerprint density at radius 3 is 2.57 bits per heavy atom. The summed E-state index contributed by atoms with van der Waals surface area (Å²) in [7, 11) is 0. The molecule has 14 heavy (non-hydrogen) atoms. The van der Waals surface area contributed by atoms with Crippen LogP contribution in [0.4, 0.5) is 0 Å². The number of carboxylic acids is 1. The number of carbonyl (C=O) groups is 1. The maximum Gasteiger partial charge on any atom is 0.335 e. The summed E-state index contributed by atoms with van der Waals surface area (Å²) in [5, 5.41) is 26.9. The van der Waals surface area contributed by atoms with Gasteiger partial charge in [-0.3, -0.25) is 0 Å². The summed E-state index contributed by atoms with van der Waals surface area (Å²) < 4.78 is 0. The number of aliphatic hydroxyl groups excluding tert-OH is 2. The molecule has 1 aromatic heterocycles. The molecule has 1 rings (SSSR count). The summed E-state index contributed by atoms with van der Waals surface area (Å²) in [4.78, 5) is 14.0. The van der Waals surface area contributed by atoms with Crippen LogP contribution < -0.4 is 0 Å². The van der Waals surface area contributed by atoms with Crippen molar-refractivity contribution in [2.45, 2.75) is 12.2 Å². The molecule has 0 fully saturated rings. The third-order valence-corrected chi connectivity index (χ3v) is 1.80. The molecule has 0 spiro atoms. The van der Waals surface area contributed by atoms with E-state index in [0.717, 1.165) is 0 Å². The van der Waals surface area contributed by atoms with Gasteiger partial charge in [-0.1, -0.05) is 17.7 Å². The Morgan fingerprint density at radius 2 is 2.07 bits per heavy atom. The average Bonchev–Trinajstić information content (AvgIpc) is 2.15. The van der Waals surface area contributed by atoms with Crippen molar-refractivity contribution < 1.29 is 20.1 Å². The number of halogens is 1. The Balaban J connectivity index is 2.89. The molecule has 0 aliphatic heterocycles. The first-order valence-electron chi connectivity index (χ1n) is 3.74. The molecule has 0 saturated carbocycles. The van der Waals surface area contributed by atoms with Gasteiger partial charge in [0, 0.05) is 0 Å². The molecular formula is C8H8ClNO4. The lowest BCUT2D eigenvalue weighted by Gasteiger charge is -2.12. The van der Waals surface area contributed by atoms with E-state index in [2.05, 4.69) is 4.98 Å². The SMILES string of the molecule is O=C(O)C(O)C(O)c1cccc(Cl)n1. The number of rotatable bonds is 3. The van der Waals surface area contributed by atoms with Crippen LogP contribution in [0.5, 0.6) is 0 Å². The molecule has 2 atom stereocenters. The zero-order chi connectivity index (χ0) is 10.7. The molecule has 0 amide bonds. The van der Waals surface area contributed by atoms with Gasteiger partial charge in [-0.05, 0) is 12.1 Å². The normalized spacial score (nSPS) is 14.8. The fourth-order valence-electron chi connectivity index (χ4n) is 0.885. The summed E-state index contributed by atoms with van der Waals surface area (Å²) in [6.45, 7) is 0. The van der Waals surface area contributed by atoms with Gasteiger partial charge < -0.3 is 15.3 Å². The highest BCUT2D eigenvalue weighted by Gasteiger charge is 2.26. The maximum absolute atomic E-state index is 10.3. The molecule has 3 N–H and O–H groups in total. The van der Waals surface area contributed by atoms with Crippen LogP contribution in [0.15, 0.2) is 18.2 Å². The van der Waals surface area contributed by atoms with E-state index in [1.807, 2.05) is 0 Å². The fourth-order valence-corrected chi connectivity index (χ4v) is 1.06. The lowest BCUT2D eigenvalue weighted by molar-refractivity contribution is -0.153. The lowest BCUT2D eigenvalue weighted by Crippen LogP contribution is -2.28. The molecule has 76 valence electrons. The van der Waals surface area contributed by atoms with Crippen LogP contribution in [0, 0.1) is 0 Å². The number of pyridine rings is 1. The fraction of sp³-hybridized carbons (Fsp3) is 0.250. The molecule has 0 saturated heterocycles. The lowest BCUT2D eigenvalue weighted by atomic mass is 10.1. The first kappa shape index (κ1) is 10.9. The molecule has 5 nitrogen and oxygen atoms in total. The molecule has 1 aromatic rings. The summed E-state index contributed by atoms with van der Waals surface area (Å²) >= 11 is 5.52. The van der Waals surface area contributed by atoms with Gasteiger partial charge in [0.25, 0.3) is 0 Å². The van der Waals surface area contributed by atoms with Crippen molar-refractivity contribution in [3.05, 3.63) is 29.0 Å². The van der Waals surface area contributed by atoms with E-state index in [9.17, 15) is 9.90 Å². The van der Waals surface area contributed by atoms with E-state index in [4.69, 9.17) is 21.8 Å². The van der Waals surface area contributed by atoms with Crippen molar-refractivity contribution in [3.63, 3.8) is 0 Å². The molecule has 2 unspecified atom stereocenters. The van der Waals surface area contributed by atoms with E-state index >= 15 is 0 Å². The third-order valence-electron chi connectivity index (χ3n) is 1.59.